The molecule has 2 rings (SSSR count). The normalized spacial score (nSPS) is 10.1. The highest BCUT2D eigenvalue weighted by Gasteiger charge is 2.08. The molecule has 0 aliphatic carbocycles. The monoisotopic (exact) mass is 292 g/mol. The van der Waals surface area contributed by atoms with E-state index in [-0.39, 0.29) is 0 Å². The third kappa shape index (κ3) is 3.12. The van der Waals surface area contributed by atoms with Gasteiger partial charge in [-0.1, -0.05) is 11.1 Å². The molecule has 0 aliphatic rings. The van der Waals surface area contributed by atoms with Gasteiger partial charge in [0.25, 0.3) is 0 Å². The Kier molecular flexibility index (Phi) is 3.85. The fraction of sp³-hybridized carbons (Fsp3) is 0.182. The predicted octanol–water partition coefficient (Wildman–Crippen LogP) is 1.62. The summed E-state index contributed by atoms with van der Waals surface area (Å²) in [4.78, 5) is 8.26. The minimum Gasteiger partial charge on any atom is -0.338 e. The first kappa shape index (κ1) is 11.8. The van der Waals surface area contributed by atoms with Crippen molar-refractivity contribution in [3.63, 3.8) is 0 Å². The molecule has 0 bridgehead atoms. The van der Waals surface area contributed by atoms with Crippen LogP contribution in [0.2, 0.25) is 0 Å². The van der Waals surface area contributed by atoms with E-state index < -0.39 is 0 Å². The van der Waals surface area contributed by atoms with Gasteiger partial charge in [-0.25, -0.2) is 0 Å². The van der Waals surface area contributed by atoms with Gasteiger partial charge in [-0.15, -0.1) is 6.42 Å². The predicted molar refractivity (Wildman–Crippen MR) is 65.8 cm³/mol. The largest absolute Gasteiger partial charge is 0.338 e. The second-order valence-electron chi connectivity index (χ2n) is 3.21. The average molecular weight is 293 g/mol. The van der Waals surface area contributed by atoms with Gasteiger partial charge in [0.05, 0.1) is 13.1 Å². The molecule has 0 fully saturated rings. The van der Waals surface area contributed by atoms with E-state index in [0.717, 1.165) is 10.0 Å². The number of nitrogens with zero attached hydrogens (tertiary/aromatic N) is 3. The van der Waals surface area contributed by atoms with Gasteiger partial charge >= 0.3 is 0 Å². The first-order valence-electron chi connectivity index (χ1n) is 4.87. The van der Waals surface area contributed by atoms with Crippen LogP contribution in [-0.2, 0) is 6.54 Å². The molecule has 1 N–H and O–H groups in total. The second kappa shape index (κ2) is 5.57. The van der Waals surface area contributed by atoms with Crippen LogP contribution in [0.5, 0.6) is 0 Å². The smallest absolute Gasteiger partial charge is 0.240 e. The van der Waals surface area contributed by atoms with E-state index in [1.165, 1.54) is 0 Å². The summed E-state index contributed by atoms with van der Waals surface area (Å²) in [6.45, 7) is 0.925. The van der Waals surface area contributed by atoms with Crippen LogP contribution >= 0.6 is 15.9 Å². The van der Waals surface area contributed by atoms with Crippen LogP contribution in [0, 0.1) is 12.3 Å². The zero-order valence-electron chi connectivity index (χ0n) is 8.85. The molecule has 5 nitrogen and oxygen atoms in total. The summed E-state index contributed by atoms with van der Waals surface area (Å²) in [6, 6.07) is 1.87. The van der Waals surface area contributed by atoms with Crippen molar-refractivity contribution in [1.29, 1.82) is 0 Å². The van der Waals surface area contributed by atoms with Crippen molar-refractivity contribution in [2.45, 2.75) is 6.54 Å². The molecule has 0 aromatic carbocycles. The third-order valence-corrected chi connectivity index (χ3v) is 2.37. The summed E-state index contributed by atoms with van der Waals surface area (Å²) in [5, 5.41) is 6.84. The lowest BCUT2D eigenvalue weighted by Gasteiger charge is -1.94. The summed E-state index contributed by atoms with van der Waals surface area (Å²) in [6.07, 6.45) is 8.48. The molecule has 0 amide bonds. The van der Waals surface area contributed by atoms with Gasteiger partial charge in [-0.2, -0.15) is 4.98 Å². The molecule has 17 heavy (non-hydrogen) atoms. The maximum Gasteiger partial charge on any atom is 0.240 e. The third-order valence-electron chi connectivity index (χ3n) is 1.93. The Morgan fingerprint density at radius 3 is 3.12 bits per heavy atom. The van der Waals surface area contributed by atoms with Crippen molar-refractivity contribution < 1.29 is 4.52 Å². The molecule has 86 valence electrons. The molecule has 2 aromatic rings. The molecule has 0 saturated carbocycles. The lowest BCUT2D eigenvalue weighted by Crippen LogP contribution is -2.13. The van der Waals surface area contributed by atoms with Gasteiger partial charge < -0.3 is 4.52 Å². The van der Waals surface area contributed by atoms with Crippen LogP contribution in [0.4, 0.5) is 0 Å². The number of rotatable bonds is 4. The maximum atomic E-state index is 5.11. The lowest BCUT2D eigenvalue weighted by atomic mass is 10.3. The fourth-order valence-electron chi connectivity index (χ4n) is 1.22. The molecule has 0 saturated heterocycles. The minimum atomic E-state index is 0.457. The van der Waals surface area contributed by atoms with E-state index >= 15 is 0 Å². The molecular formula is C11H9BrN4O. The second-order valence-corrected chi connectivity index (χ2v) is 4.13. The minimum absolute atomic E-state index is 0.457. The van der Waals surface area contributed by atoms with Crippen molar-refractivity contribution in [1.82, 2.24) is 20.4 Å². The van der Waals surface area contributed by atoms with Crippen molar-refractivity contribution >= 4 is 15.9 Å². The molecule has 0 atom stereocenters. The number of terminal acetylenes is 1. The van der Waals surface area contributed by atoms with E-state index in [1.54, 1.807) is 12.4 Å². The molecule has 6 heteroatoms. The van der Waals surface area contributed by atoms with E-state index in [4.69, 9.17) is 10.9 Å². The zero-order chi connectivity index (χ0) is 12.1. The standard InChI is InChI=1S/C11H9BrN4O/c1-2-3-13-7-10-15-11(16-17-10)8-4-9(12)6-14-5-8/h1,4-6,13H,3,7H2. The molecule has 0 radical (unpaired) electrons. The molecule has 2 heterocycles. The average Bonchev–Trinajstić information content (AvgIpc) is 2.78. The van der Waals surface area contributed by atoms with Crippen LogP contribution < -0.4 is 5.32 Å². The number of hydrogen-bond acceptors (Lipinski definition) is 5. The number of nitrogens with one attached hydrogen (secondary N) is 1. The van der Waals surface area contributed by atoms with Crippen LogP contribution in [0.25, 0.3) is 11.4 Å². The number of aromatic nitrogens is 3. The van der Waals surface area contributed by atoms with Crippen molar-refractivity contribution in [3.05, 3.63) is 28.8 Å². The van der Waals surface area contributed by atoms with Crippen LogP contribution in [0.3, 0.4) is 0 Å². The van der Waals surface area contributed by atoms with Crippen molar-refractivity contribution in [2.75, 3.05) is 6.54 Å². The number of hydrogen-bond donors (Lipinski definition) is 1. The molecule has 0 spiro atoms. The number of halogens is 1. The number of pyridine rings is 1. The Labute approximate surface area is 107 Å². The van der Waals surface area contributed by atoms with Crippen molar-refractivity contribution in [3.8, 4) is 23.7 Å². The summed E-state index contributed by atoms with van der Waals surface area (Å²) in [5.74, 6) is 3.47. The topological polar surface area (TPSA) is 63.8 Å². The van der Waals surface area contributed by atoms with Gasteiger partial charge in [0.2, 0.25) is 11.7 Å². The van der Waals surface area contributed by atoms with Crippen LogP contribution in [0.1, 0.15) is 5.89 Å². The Hall–Kier alpha value is -1.71. The summed E-state index contributed by atoms with van der Waals surface area (Å²) in [5.41, 5.74) is 0.798. The highest BCUT2D eigenvalue weighted by Crippen LogP contribution is 2.18. The Morgan fingerprint density at radius 1 is 1.47 bits per heavy atom. The summed E-state index contributed by atoms with van der Waals surface area (Å²) < 4.78 is 5.94. The van der Waals surface area contributed by atoms with E-state index in [1.807, 2.05) is 6.07 Å². The SMILES string of the molecule is C#CCNCc1nc(-c2cncc(Br)c2)no1. The highest BCUT2D eigenvalue weighted by atomic mass is 79.9. The van der Waals surface area contributed by atoms with E-state index in [9.17, 15) is 0 Å². The molecular weight excluding hydrogens is 284 g/mol. The molecule has 0 aliphatic heterocycles. The van der Waals surface area contributed by atoms with Gasteiger partial charge in [0.1, 0.15) is 0 Å². The van der Waals surface area contributed by atoms with Gasteiger partial charge in [0, 0.05) is 22.4 Å². The fourth-order valence-corrected chi connectivity index (χ4v) is 1.58. The van der Waals surface area contributed by atoms with Crippen LogP contribution in [0.15, 0.2) is 27.5 Å². The van der Waals surface area contributed by atoms with Gasteiger partial charge in [-0.05, 0) is 22.0 Å². The first-order valence-corrected chi connectivity index (χ1v) is 5.66. The Balaban J connectivity index is 2.10. The Bertz CT molecular complexity index is 546. The Morgan fingerprint density at radius 2 is 2.35 bits per heavy atom. The zero-order valence-corrected chi connectivity index (χ0v) is 10.4. The molecule has 2 aromatic heterocycles. The summed E-state index contributed by atoms with van der Waals surface area (Å²) in [7, 11) is 0. The molecule has 0 unspecified atom stereocenters. The van der Waals surface area contributed by atoms with Gasteiger partial charge in [0.15, 0.2) is 0 Å². The maximum absolute atomic E-state index is 5.11. The summed E-state index contributed by atoms with van der Waals surface area (Å²) >= 11 is 3.33. The van der Waals surface area contributed by atoms with Crippen LogP contribution in [-0.4, -0.2) is 21.7 Å². The van der Waals surface area contributed by atoms with E-state index in [2.05, 4.69) is 42.3 Å². The lowest BCUT2D eigenvalue weighted by molar-refractivity contribution is 0.370. The van der Waals surface area contributed by atoms with Crippen molar-refractivity contribution in [2.24, 2.45) is 0 Å². The quantitative estimate of drug-likeness (QED) is 0.685. The highest BCUT2D eigenvalue weighted by molar-refractivity contribution is 9.10. The first-order chi connectivity index (χ1) is 8.29. The van der Waals surface area contributed by atoms with E-state index in [0.29, 0.717) is 24.8 Å². The van der Waals surface area contributed by atoms with Gasteiger partial charge in [-0.3, -0.25) is 10.3 Å².